The van der Waals surface area contributed by atoms with Crippen molar-refractivity contribution in [2.45, 2.75) is 36.7 Å². The highest BCUT2D eigenvalue weighted by molar-refractivity contribution is 6.46. The van der Waals surface area contributed by atoms with Crippen molar-refractivity contribution in [3.05, 3.63) is 25.3 Å². The quantitative estimate of drug-likeness (QED) is 0.220. The number of nitrogens with zero attached hydrogens (tertiary/aromatic N) is 4. The van der Waals surface area contributed by atoms with Crippen LogP contribution in [0.15, 0.2) is 45.5 Å². The Morgan fingerprint density at radius 1 is 1.00 bits per heavy atom. The third-order valence-corrected chi connectivity index (χ3v) is 3.71. The summed E-state index contributed by atoms with van der Waals surface area (Å²) in [5.41, 5.74) is 9.84. The summed E-state index contributed by atoms with van der Waals surface area (Å²) in [7, 11) is 0. The topological polar surface area (TPSA) is 101 Å². The van der Waals surface area contributed by atoms with E-state index in [-0.39, 0.29) is 5.84 Å². The Bertz CT molecular complexity index is 482. The molecule has 0 saturated heterocycles. The van der Waals surface area contributed by atoms with Crippen molar-refractivity contribution in [1.29, 1.82) is 0 Å². The minimum Gasteiger partial charge on any atom is -0.385 e. The summed E-state index contributed by atoms with van der Waals surface area (Å²) < 4.78 is 0. The third kappa shape index (κ3) is 5.77. The molecule has 0 aromatic rings. The molecule has 8 heteroatoms. The van der Waals surface area contributed by atoms with Gasteiger partial charge in [0.25, 0.3) is 0 Å². The smallest absolute Gasteiger partial charge is 0.165 e. The second-order valence-corrected chi connectivity index (χ2v) is 6.33. The van der Waals surface area contributed by atoms with Gasteiger partial charge in [0.1, 0.15) is 22.0 Å². The fraction of sp³-hybridized carbons (Fsp3) is 0.571. The lowest BCUT2D eigenvalue weighted by molar-refractivity contribution is 0.549. The number of azo groups is 1. The first kappa shape index (κ1) is 20.6. The van der Waals surface area contributed by atoms with Gasteiger partial charge in [-0.05, 0) is 20.8 Å². The standard InChI is InChI=1S/C14H24Cl2N6/c1-6-8-19-11(17)13(3,4)21-22-14(5,10(15)16)12(18)20-9-7-2/h6-7,10H,1-2,8-9H2,3-5H3,(H2,17,19)(H2,18,20). The van der Waals surface area contributed by atoms with Gasteiger partial charge in [0.05, 0.1) is 13.1 Å². The highest BCUT2D eigenvalue weighted by Gasteiger charge is 2.37. The lowest BCUT2D eigenvalue weighted by atomic mass is 10.0. The van der Waals surface area contributed by atoms with Crippen LogP contribution in [0.1, 0.15) is 20.8 Å². The molecule has 22 heavy (non-hydrogen) atoms. The summed E-state index contributed by atoms with van der Waals surface area (Å²) >= 11 is 12.0. The van der Waals surface area contributed by atoms with E-state index < -0.39 is 15.9 Å². The van der Waals surface area contributed by atoms with Crippen LogP contribution in [-0.4, -0.2) is 40.7 Å². The molecule has 0 aromatic heterocycles. The normalized spacial score (nSPS) is 16.8. The van der Waals surface area contributed by atoms with E-state index in [9.17, 15) is 0 Å². The van der Waals surface area contributed by atoms with Gasteiger partial charge in [0.15, 0.2) is 5.54 Å². The monoisotopic (exact) mass is 346 g/mol. The Labute approximate surface area is 142 Å². The molecule has 0 aliphatic heterocycles. The molecule has 0 radical (unpaired) electrons. The Morgan fingerprint density at radius 2 is 1.45 bits per heavy atom. The van der Waals surface area contributed by atoms with Crippen molar-refractivity contribution in [3.63, 3.8) is 0 Å². The van der Waals surface area contributed by atoms with Crippen molar-refractivity contribution in [2.75, 3.05) is 13.1 Å². The molecule has 0 aliphatic carbocycles. The lowest BCUT2D eigenvalue weighted by Gasteiger charge is -2.26. The molecule has 0 aliphatic rings. The molecular formula is C14H24Cl2N6. The summed E-state index contributed by atoms with van der Waals surface area (Å²) in [6, 6.07) is 0. The van der Waals surface area contributed by atoms with E-state index in [1.54, 1.807) is 32.9 Å². The zero-order valence-electron chi connectivity index (χ0n) is 13.3. The van der Waals surface area contributed by atoms with Crippen molar-refractivity contribution in [1.82, 2.24) is 0 Å². The summed E-state index contributed by atoms with van der Waals surface area (Å²) in [6.45, 7) is 13.1. The molecular weight excluding hydrogens is 323 g/mol. The number of halogens is 2. The van der Waals surface area contributed by atoms with Gasteiger partial charge >= 0.3 is 0 Å². The molecule has 124 valence electrons. The molecule has 4 N–H and O–H groups in total. The second kappa shape index (κ2) is 8.90. The maximum atomic E-state index is 6.00. The van der Waals surface area contributed by atoms with Gasteiger partial charge in [-0.25, -0.2) is 0 Å². The Balaban J connectivity index is 5.49. The molecule has 0 saturated carbocycles. The van der Waals surface area contributed by atoms with E-state index in [0.717, 1.165) is 0 Å². The van der Waals surface area contributed by atoms with Crippen LogP contribution >= 0.6 is 23.2 Å². The fourth-order valence-electron chi connectivity index (χ4n) is 1.17. The Kier molecular flexibility index (Phi) is 8.34. The van der Waals surface area contributed by atoms with Gasteiger partial charge < -0.3 is 11.5 Å². The minimum atomic E-state index is -1.16. The number of amidine groups is 2. The molecule has 0 fully saturated rings. The van der Waals surface area contributed by atoms with E-state index in [1.807, 2.05) is 0 Å². The largest absolute Gasteiger partial charge is 0.385 e. The maximum Gasteiger partial charge on any atom is 0.165 e. The van der Waals surface area contributed by atoms with Gasteiger partial charge in [0, 0.05) is 0 Å². The molecule has 1 unspecified atom stereocenters. The predicted molar refractivity (Wildman–Crippen MR) is 96.2 cm³/mol. The zero-order chi connectivity index (χ0) is 17.4. The summed E-state index contributed by atoms with van der Waals surface area (Å²) in [5, 5.41) is 8.40. The first-order valence-electron chi connectivity index (χ1n) is 6.66. The summed E-state index contributed by atoms with van der Waals surface area (Å²) in [4.78, 5) is 7.32. The van der Waals surface area contributed by atoms with Gasteiger partial charge in [0.2, 0.25) is 0 Å². The van der Waals surface area contributed by atoms with Crippen LogP contribution in [0.2, 0.25) is 0 Å². The van der Waals surface area contributed by atoms with Crippen LogP contribution in [-0.2, 0) is 0 Å². The van der Waals surface area contributed by atoms with E-state index >= 15 is 0 Å². The van der Waals surface area contributed by atoms with Crippen molar-refractivity contribution in [3.8, 4) is 0 Å². The first-order chi connectivity index (χ1) is 10.1. The SMILES string of the molecule is C=CCN=C(N)C(C)(C)N=NC(C)(C(N)=NCC=C)C(Cl)Cl. The second-order valence-electron chi connectivity index (χ2n) is 5.24. The van der Waals surface area contributed by atoms with Crippen molar-refractivity contribution in [2.24, 2.45) is 31.7 Å². The molecule has 1 atom stereocenters. The molecule has 0 aromatic carbocycles. The average molecular weight is 347 g/mol. The Morgan fingerprint density at radius 3 is 1.86 bits per heavy atom. The van der Waals surface area contributed by atoms with E-state index in [1.165, 1.54) is 0 Å². The number of hydrogen-bond acceptors (Lipinski definition) is 4. The highest BCUT2D eigenvalue weighted by atomic mass is 35.5. The predicted octanol–water partition coefficient (Wildman–Crippen LogP) is 2.87. The number of rotatable bonds is 9. The number of alkyl halides is 2. The van der Waals surface area contributed by atoms with Crippen molar-refractivity contribution < 1.29 is 0 Å². The van der Waals surface area contributed by atoms with Crippen LogP contribution in [0, 0.1) is 0 Å². The average Bonchev–Trinajstić information content (AvgIpc) is 2.47. The first-order valence-corrected chi connectivity index (χ1v) is 7.54. The van der Waals surface area contributed by atoms with Crippen LogP contribution in [0.4, 0.5) is 0 Å². The van der Waals surface area contributed by atoms with Gasteiger partial charge in [-0.2, -0.15) is 10.2 Å². The number of aliphatic imine (C=N–C) groups is 2. The number of hydrogen-bond donors (Lipinski definition) is 2. The van der Waals surface area contributed by atoms with Crippen LogP contribution in [0.3, 0.4) is 0 Å². The Hall–Kier alpha value is -1.40. The summed E-state index contributed by atoms with van der Waals surface area (Å²) in [6.07, 6.45) is 3.24. The maximum absolute atomic E-state index is 6.00. The van der Waals surface area contributed by atoms with Crippen LogP contribution in [0.25, 0.3) is 0 Å². The molecule has 0 rings (SSSR count). The van der Waals surface area contributed by atoms with Gasteiger partial charge in [-0.1, -0.05) is 12.2 Å². The van der Waals surface area contributed by atoms with E-state index in [2.05, 4.69) is 33.4 Å². The fourth-order valence-corrected chi connectivity index (χ4v) is 1.48. The van der Waals surface area contributed by atoms with E-state index in [0.29, 0.717) is 18.9 Å². The zero-order valence-corrected chi connectivity index (χ0v) is 14.8. The van der Waals surface area contributed by atoms with Crippen molar-refractivity contribution >= 4 is 34.9 Å². The van der Waals surface area contributed by atoms with Crippen LogP contribution in [0.5, 0.6) is 0 Å². The molecule has 0 spiro atoms. The molecule has 0 heterocycles. The van der Waals surface area contributed by atoms with Gasteiger partial charge in [-0.15, -0.1) is 36.4 Å². The highest BCUT2D eigenvalue weighted by Crippen LogP contribution is 2.27. The molecule has 0 amide bonds. The van der Waals surface area contributed by atoms with E-state index in [4.69, 9.17) is 34.7 Å². The minimum absolute atomic E-state index is 0.170. The molecule has 0 bridgehead atoms. The lowest BCUT2D eigenvalue weighted by Crippen LogP contribution is -2.46. The van der Waals surface area contributed by atoms with Crippen LogP contribution < -0.4 is 11.5 Å². The third-order valence-electron chi connectivity index (χ3n) is 2.86. The molecule has 6 nitrogen and oxygen atoms in total. The summed E-state index contributed by atoms with van der Waals surface area (Å²) in [5.74, 6) is 0.490. The number of nitrogens with two attached hydrogens (primary N) is 2. The van der Waals surface area contributed by atoms with Gasteiger partial charge in [-0.3, -0.25) is 9.98 Å².